The number of aryl methyl sites for hydroxylation is 1. The first kappa shape index (κ1) is 12.8. The first-order valence-corrected chi connectivity index (χ1v) is 6.75. The predicted octanol–water partition coefficient (Wildman–Crippen LogP) is 3.30. The van der Waals surface area contributed by atoms with Crippen molar-refractivity contribution in [3.63, 3.8) is 0 Å². The van der Waals surface area contributed by atoms with Crippen molar-refractivity contribution >= 4 is 10.8 Å². The Kier molecular flexibility index (Phi) is 3.70. The molecule has 1 aromatic carbocycles. The SMILES string of the molecule is OC(CCc1ccccn1)c1cncc2ccccc12. The maximum Gasteiger partial charge on any atom is 0.0814 e. The third-order valence-electron chi connectivity index (χ3n) is 3.46. The molecule has 3 aromatic rings. The van der Waals surface area contributed by atoms with Gasteiger partial charge in [0.1, 0.15) is 0 Å². The standard InChI is InChI=1S/C17H16N2O/c20-17(9-8-14-6-3-4-10-19-14)16-12-18-11-13-5-1-2-7-15(13)16/h1-7,10-12,17,20H,8-9H2. The summed E-state index contributed by atoms with van der Waals surface area (Å²) in [6.45, 7) is 0. The lowest BCUT2D eigenvalue weighted by molar-refractivity contribution is 0.168. The molecule has 100 valence electrons. The fourth-order valence-corrected chi connectivity index (χ4v) is 2.39. The van der Waals surface area contributed by atoms with E-state index < -0.39 is 6.10 Å². The molecule has 0 fully saturated rings. The smallest absolute Gasteiger partial charge is 0.0814 e. The van der Waals surface area contributed by atoms with E-state index in [2.05, 4.69) is 9.97 Å². The molecular weight excluding hydrogens is 248 g/mol. The Morgan fingerprint density at radius 1 is 1.00 bits per heavy atom. The van der Waals surface area contributed by atoms with Crippen LogP contribution in [0.25, 0.3) is 10.8 Å². The molecule has 0 aliphatic rings. The topological polar surface area (TPSA) is 46.0 Å². The van der Waals surface area contributed by atoms with E-state index in [1.165, 1.54) is 0 Å². The fourth-order valence-electron chi connectivity index (χ4n) is 2.39. The Labute approximate surface area is 117 Å². The van der Waals surface area contributed by atoms with Crippen LogP contribution in [0.15, 0.2) is 61.1 Å². The third kappa shape index (κ3) is 2.68. The molecule has 0 radical (unpaired) electrons. The molecule has 0 amide bonds. The van der Waals surface area contributed by atoms with Gasteiger partial charge in [-0.15, -0.1) is 0 Å². The lowest BCUT2D eigenvalue weighted by Gasteiger charge is -2.13. The summed E-state index contributed by atoms with van der Waals surface area (Å²) >= 11 is 0. The molecule has 2 heterocycles. The maximum absolute atomic E-state index is 10.4. The van der Waals surface area contributed by atoms with Gasteiger partial charge in [0.05, 0.1) is 6.10 Å². The predicted molar refractivity (Wildman–Crippen MR) is 79.3 cm³/mol. The van der Waals surface area contributed by atoms with Crippen LogP contribution in [-0.4, -0.2) is 15.1 Å². The van der Waals surface area contributed by atoms with Crippen LogP contribution in [0.1, 0.15) is 23.8 Å². The molecule has 3 rings (SSSR count). The van der Waals surface area contributed by atoms with Crippen LogP contribution in [0.4, 0.5) is 0 Å². The van der Waals surface area contributed by atoms with E-state index in [9.17, 15) is 5.11 Å². The normalized spacial score (nSPS) is 12.4. The zero-order chi connectivity index (χ0) is 13.8. The molecule has 0 bridgehead atoms. The van der Waals surface area contributed by atoms with E-state index in [4.69, 9.17) is 0 Å². The van der Waals surface area contributed by atoms with Crippen LogP contribution >= 0.6 is 0 Å². The third-order valence-corrected chi connectivity index (χ3v) is 3.46. The number of aliphatic hydroxyl groups excluding tert-OH is 1. The van der Waals surface area contributed by atoms with Gasteiger partial charge in [-0.3, -0.25) is 9.97 Å². The molecule has 0 saturated heterocycles. The Morgan fingerprint density at radius 2 is 1.85 bits per heavy atom. The molecule has 3 nitrogen and oxygen atoms in total. The molecule has 1 N–H and O–H groups in total. The van der Waals surface area contributed by atoms with Gasteiger partial charge in [-0.05, 0) is 30.4 Å². The monoisotopic (exact) mass is 264 g/mol. The van der Waals surface area contributed by atoms with Gasteiger partial charge in [0.2, 0.25) is 0 Å². The van der Waals surface area contributed by atoms with Crippen molar-refractivity contribution in [2.45, 2.75) is 18.9 Å². The summed E-state index contributed by atoms with van der Waals surface area (Å²) in [4.78, 5) is 8.49. The Morgan fingerprint density at radius 3 is 2.70 bits per heavy atom. The zero-order valence-corrected chi connectivity index (χ0v) is 11.1. The molecule has 0 aliphatic heterocycles. The molecule has 1 atom stereocenters. The quantitative estimate of drug-likeness (QED) is 0.786. The zero-order valence-electron chi connectivity index (χ0n) is 11.1. The number of pyridine rings is 2. The number of hydrogen-bond donors (Lipinski definition) is 1. The Balaban J connectivity index is 1.80. The highest BCUT2D eigenvalue weighted by molar-refractivity contribution is 5.84. The van der Waals surface area contributed by atoms with Crippen molar-refractivity contribution in [2.75, 3.05) is 0 Å². The van der Waals surface area contributed by atoms with Crippen LogP contribution in [-0.2, 0) is 6.42 Å². The molecule has 3 heteroatoms. The second-order valence-electron chi connectivity index (χ2n) is 4.83. The molecule has 0 aliphatic carbocycles. The summed E-state index contributed by atoms with van der Waals surface area (Å²) in [6.07, 6.45) is 6.24. The van der Waals surface area contributed by atoms with Crippen LogP contribution < -0.4 is 0 Å². The summed E-state index contributed by atoms with van der Waals surface area (Å²) in [5.41, 5.74) is 1.89. The van der Waals surface area contributed by atoms with Crippen molar-refractivity contribution in [2.24, 2.45) is 0 Å². The van der Waals surface area contributed by atoms with E-state index in [0.29, 0.717) is 6.42 Å². The average Bonchev–Trinajstić information content (AvgIpc) is 2.53. The number of aromatic nitrogens is 2. The number of benzene rings is 1. The minimum Gasteiger partial charge on any atom is -0.388 e. The van der Waals surface area contributed by atoms with Gasteiger partial charge in [0, 0.05) is 35.2 Å². The molecule has 1 unspecified atom stereocenters. The van der Waals surface area contributed by atoms with E-state index in [1.807, 2.05) is 48.7 Å². The fraction of sp³-hybridized carbons (Fsp3) is 0.176. The highest BCUT2D eigenvalue weighted by Gasteiger charge is 2.11. The summed E-state index contributed by atoms with van der Waals surface area (Å²) in [5.74, 6) is 0. The maximum atomic E-state index is 10.4. The van der Waals surface area contributed by atoms with Gasteiger partial charge in [-0.2, -0.15) is 0 Å². The van der Waals surface area contributed by atoms with E-state index in [-0.39, 0.29) is 0 Å². The van der Waals surface area contributed by atoms with Gasteiger partial charge < -0.3 is 5.11 Å². The first-order valence-electron chi connectivity index (χ1n) is 6.75. The van der Waals surface area contributed by atoms with Crippen molar-refractivity contribution in [1.29, 1.82) is 0 Å². The largest absolute Gasteiger partial charge is 0.388 e. The molecular formula is C17H16N2O. The molecule has 0 saturated carbocycles. The van der Waals surface area contributed by atoms with Crippen LogP contribution in [0.2, 0.25) is 0 Å². The Hall–Kier alpha value is -2.26. The number of aliphatic hydroxyl groups is 1. The van der Waals surface area contributed by atoms with E-state index >= 15 is 0 Å². The number of fused-ring (bicyclic) bond motifs is 1. The first-order chi connectivity index (χ1) is 9.84. The minimum atomic E-state index is -0.518. The van der Waals surface area contributed by atoms with Crippen molar-refractivity contribution in [1.82, 2.24) is 9.97 Å². The highest BCUT2D eigenvalue weighted by Crippen LogP contribution is 2.25. The molecule has 0 spiro atoms. The van der Waals surface area contributed by atoms with Crippen LogP contribution in [0.5, 0.6) is 0 Å². The lowest BCUT2D eigenvalue weighted by Crippen LogP contribution is -2.02. The second kappa shape index (κ2) is 5.80. The number of rotatable bonds is 4. The molecule has 20 heavy (non-hydrogen) atoms. The van der Waals surface area contributed by atoms with E-state index in [0.717, 1.165) is 28.5 Å². The second-order valence-corrected chi connectivity index (χ2v) is 4.83. The van der Waals surface area contributed by atoms with Crippen LogP contribution in [0, 0.1) is 0 Å². The number of hydrogen-bond acceptors (Lipinski definition) is 3. The summed E-state index contributed by atoms with van der Waals surface area (Å²) in [5, 5.41) is 12.5. The van der Waals surface area contributed by atoms with Gasteiger partial charge in [-0.25, -0.2) is 0 Å². The number of nitrogens with zero attached hydrogens (tertiary/aromatic N) is 2. The van der Waals surface area contributed by atoms with Gasteiger partial charge in [0.25, 0.3) is 0 Å². The Bertz CT molecular complexity index is 692. The van der Waals surface area contributed by atoms with E-state index in [1.54, 1.807) is 12.4 Å². The average molecular weight is 264 g/mol. The van der Waals surface area contributed by atoms with Gasteiger partial charge >= 0.3 is 0 Å². The summed E-state index contributed by atoms with van der Waals surface area (Å²) in [6, 6.07) is 13.8. The van der Waals surface area contributed by atoms with Crippen molar-refractivity contribution in [3.8, 4) is 0 Å². The summed E-state index contributed by atoms with van der Waals surface area (Å²) < 4.78 is 0. The molecule has 2 aromatic heterocycles. The van der Waals surface area contributed by atoms with Crippen LogP contribution in [0.3, 0.4) is 0 Å². The summed E-state index contributed by atoms with van der Waals surface area (Å²) in [7, 11) is 0. The highest BCUT2D eigenvalue weighted by atomic mass is 16.3. The van der Waals surface area contributed by atoms with Crippen molar-refractivity contribution < 1.29 is 5.11 Å². The minimum absolute atomic E-state index is 0.518. The lowest BCUT2D eigenvalue weighted by atomic mass is 10.00. The van der Waals surface area contributed by atoms with Gasteiger partial charge in [-0.1, -0.05) is 30.3 Å². The van der Waals surface area contributed by atoms with Gasteiger partial charge in [0.15, 0.2) is 0 Å². The van der Waals surface area contributed by atoms with Crippen molar-refractivity contribution in [3.05, 3.63) is 72.3 Å².